The van der Waals surface area contributed by atoms with Gasteiger partial charge in [0.1, 0.15) is 0 Å². The minimum absolute atomic E-state index is 0.0634. The highest BCUT2D eigenvalue weighted by Crippen LogP contribution is 2.15. The largest absolute Gasteiger partial charge is 0.345 e. The van der Waals surface area contributed by atoms with Crippen molar-refractivity contribution in [1.82, 2.24) is 20.0 Å². The fourth-order valence-electron chi connectivity index (χ4n) is 2.44. The van der Waals surface area contributed by atoms with Crippen molar-refractivity contribution in [3.63, 3.8) is 0 Å². The summed E-state index contributed by atoms with van der Waals surface area (Å²) in [7, 11) is 1.81. The Labute approximate surface area is 146 Å². The van der Waals surface area contributed by atoms with Crippen LogP contribution in [0.5, 0.6) is 0 Å². The second-order valence-corrected chi connectivity index (χ2v) is 5.80. The van der Waals surface area contributed by atoms with Gasteiger partial charge in [0.15, 0.2) is 0 Å². The van der Waals surface area contributed by atoms with Gasteiger partial charge in [0.25, 0.3) is 0 Å². The number of aromatic nitrogens is 3. The van der Waals surface area contributed by atoms with Gasteiger partial charge in [-0.25, -0.2) is 0 Å². The van der Waals surface area contributed by atoms with Crippen molar-refractivity contribution in [3.8, 4) is 11.4 Å². The molecule has 0 N–H and O–H groups in total. The van der Waals surface area contributed by atoms with Gasteiger partial charge in [-0.05, 0) is 24.1 Å². The van der Waals surface area contributed by atoms with Crippen molar-refractivity contribution in [3.05, 3.63) is 66.3 Å². The highest BCUT2D eigenvalue weighted by Gasteiger charge is 2.13. The topological polar surface area (TPSA) is 72.1 Å². The number of carbonyl (C=O) groups is 1. The van der Waals surface area contributed by atoms with E-state index in [4.69, 9.17) is 4.52 Å². The molecule has 0 saturated heterocycles. The molecule has 0 unspecified atom stereocenters. The first kappa shape index (κ1) is 16.8. The van der Waals surface area contributed by atoms with Crippen LogP contribution in [0.25, 0.3) is 11.4 Å². The van der Waals surface area contributed by atoms with E-state index in [1.165, 1.54) is 5.56 Å². The fourth-order valence-corrected chi connectivity index (χ4v) is 2.44. The molecule has 3 rings (SSSR count). The van der Waals surface area contributed by atoms with E-state index in [1.807, 2.05) is 49.5 Å². The van der Waals surface area contributed by atoms with Gasteiger partial charge in [-0.1, -0.05) is 35.5 Å². The van der Waals surface area contributed by atoms with Crippen LogP contribution < -0.4 is 0 Å². The first-order chi connectivity index (χ1) is 12.2. The second-order valence-electron chi connectivity index (χ2n) is 5.80. The zero-order valence-corrected chi connectivity index (χ0v) is 14.1. The van der Waals surface area contributed by atoms with Crippen molar-refractivity contribution in [2.24, 2.45) is 0 Å². The van der Waals surface area contributed by atoms with Gasteiger partial charge in [0.05, 0.1) is 0 Å². The van der Waals surface area contributed by atoms with Crippen molar-refractivity contribution in [1.29, 1.82) is 0 Å². The van der Waals surface area contributed by atoms with E-state index in [0.29, 0.717) is 31.1 Å². The van der Waals surface area contributed by atoms with E-state index < -0.39 is 0 Å². The number of hydrogen-bond donors (Lipinski definition) is 0. The third kappa shape index (κ3) is 4.73. The second kappa shape index (κ2) is 8.19. The van der Waals surface area contributed by atoms with E-state index >= 15 is 0 Å². The highest BCUT2D eigenvalue weighted by molar-refractivity contribution is 5.76. The molecule has 0 atom stereocenters. The molecule has 0 radical (unpaired) electrons. The van der Waals surface area contributed by atoms with E-state index in [9.17, 15) is 4.79 Å². The molecule has 0 bridgehead atoms. The van der Waals surface area contributed by atoms with Gasteiger partial charge in [-0.2, -0.15) is 4.98 Å². The molecule has 2 aromatic heterocycles. The molecule has 1 amide bonds. The summed E-state index contributed by atoms with van der Waals surface area (Å²) in [6.07, 6.45) is 5.12. The summed E-state index contributed by atoms with van der Waals surface area (Å²) in [5.41, 5.74) is 2.07. The van der Waals surface area contributed by atoms with Crippen LogP contribution in [0.4, 0.5) is 0 Å². The van der Waals surface area contributed by atoms with Crippen molar-refractivity contribution in [2.45, 2.75) is 19.3 Å². The Hall–Kier alpha value is -3.02. The zero-order valence-electron chi connectivity index (χ0n) is 14.1. The van der Waals surface area contributed by atoms with E-state index in [1.54, 1.807) is 17.3 Å². The Morgan fingerprint density at radius 2 is 1.84 bits per heavy atom. The maximum atomic E-state index is 12.2. The Balaban J connectivity index is 1.48. The number of benzene rings is 1. The summed E-state index contributed by atoms with van der Waals surface area (Å²) in [6, 6.07) is 13.5. The van der Waals surface area contributed by atoms with Crippen LogP contribution in [-0.2, 0) is 17.6 Å². The molecule has 0 aliphatic heterocycles. The average Bonchev–Trinajstić information content (AvgIpc) is 3.15. The fraction of sp³-hybridized carbons (Fsp3) is 0.263. The zero-order chi connectivity index (χ0) is 17.5. The van der Waals surface area contributed by atoms with Gasteiger partial charge in [-0.15, -0.1) is 0 Å². The third-order valence-electron chi connectivity index (χ3n) is 3.96. The van der Waals surface area contributed by atoms with Crippen molar-refractivity contribution < 1.29 is 9.32 Å². The molecule has 2 heterocycles. The molecule has 6 heteroatoms. The number of amides is 1. The summed E-state index contributed by atoms with van der Waals surface area (Å²) in [6.45, 7) is 0.669. The van der Waals surface area contributed by atoms with Gasteiger partial charge >= 0.3 is 0 Å². The Bertz CT molecular complexity index is 803. The standard InChI is InChI=1S/C19H20N4O2/c1-23(14-11-15-9-12-20-13-10-15)18(24)8-7-17-21-19(22-25-17)16-5-3-2-4-6-16/h2-6,9-10,12-13H,7-8,11,14H2,1H3. The predicted molar refractivity (Wildman–Crippen MR) is 93.6 cm³/mol. The molecule has 3 aromatic rings. The van der Waals surface area contributed by atoms with Crippen LogP contribution in [0, 0.1) is 0 Å². The summed E-state index contributed by atoms with van der Waals surface area (Å²) in [5.74, 6) is 1.09. The Morgan fingerprint density at radius 1 is 1.08 bits per heavy atom. The van der Waals surface area contributed by atoms with E-state index in [-0.39, 0.29) is 5.91 Å². The van der Waals surface area contributed by atoms with Gasteiger partial charge < -0.3 is 9.42 Å². The predicted octanol–water partition coefficient (Wildman–Crippen LogP) is 2.77. The lowest BCUT2D eigenvalue weighted by Gasteiger charge is -2.16. The average molecular weight is 336 g/mol. The van der Waals surface area contributed by atoms with Crippen molar-refractivity contribution >= 4 is 5.91 Å². The lowest BCUT2D eigenvalue weighted by molar-refractivity contribution is -0.129. The van der Waals surface area contributed by atoms with E-state index in [0.717, 1.165) is 12.0 Å². The highest BCUT2D eigenvalue weighted by atomic mass is 16.5. The lowest BCUT2D eigenvalue weighted by Crippen LogP contribution is -2.29. The molecular formula is C19H20N4O2. The maximum absolute atomic E-state index is 12.2. The van der Waals surface area contributed by atoms with Gasteiger partial charge in [-0.3, -0.25) is 9.78 Å². The molecule has 0 spiro atoms. The number of aryl methyl sites for hydroxylation is 1. The van der Waals surface area contributed by atoms with Crippen LogP contribution in [0.2, 0.25) is 0 Å². The Morgan fingerprint density at radius 3 is 2.60 bits per heavy atom. The molecule has 0 aliphatic rings. The maximum Gasteiger partial charge on any atom is 0.227 e. The first-order valence-corrected chi connectivity index (χ1v) is 8.23. The summed E-state index contributed by atoms with van der Waals surface area (Å²) >= 11 is 0. The van der Waals surface area contributed by atoms with Crippen LogP contribution in [0.1, 0.15) is 17.9 Å². The minimum atomic E-state index is 0.0634. The SMILES string of the molecule is CN(CCc1ccncc1)C(=O)CCc1nc(-c2ccccc2)no1. The molecule has 1 aromatic carbocycles. The quantitative estimate of drug-likeness (QED) is 0.663. The number of carbonyl (C=O) groups excluding carboxylic acids is 1. The molecule has 128 valence electrons. The number of hydrogen-bond acceptors (Lipinski definition) is 5. The minimum Gasteiger partial charge on any atom is -0.345 e. The van der Waals surface area contributed by atoms with Crippen LogP contribution in [0.3, 0.4) is 0 Å². The number of likely N-dealkylation sites (N-methyl/N-ethyl adjacent to an activating group) is 1. The summed E-state index contributed by atoms with van der Waals surface area (Å²) in [4.78, 5) is 22.3. The summed E-state index contributed by atoms with van der Waals surface area (Å²) in [5, 5.41) is 3.97. The Kier molecular flexibility index (Phi) is 5.51. The number of rotatable bonds is 7. The molecule has 0 saturated carbocycles. The number of nitrogens with zero attached hydrogens (tertiary/aromatic N) is 4. The normalized spacial score (nSPS) is 10.6. The van der Waals surface area contributed by atoms with Crippen molar-refractivity contribution in [2.75, 3.05) is 13.6 Å². The first-order valence-electron chi connectivity index (χ1n) is 8.23. The smallest absolute Gasteiger partial charge is 0.227 e. The monoisotopic (exact) mass is 336 g/mol. The molecule has 25 heavy (non-hydrogen) atoms. The van der Waals surface area contributed by atoms with Crippen LogP contribution in [-0.4, -0.2) is 39.5 Å². The molecule has 0 aliphatic carbocycles. The van der Waals surface area contributed by atoms with Gasteiger partial charge in [0, 0.05) is 44.4 Å². The summed E-state index contributed by atoms with van der Waals surface area (Å²) < 4.78 is 5.24. The lowest BCUT2D eigenvalue weighted by atomic mass is 10.2. The molecule has 6 nitrogen and oxygen atoms in total. The van der Waals surface area contributed by atoms with Crippen LogP contribution in [0.15, 0.2) is 59.4 Å². The molecular weight excluding hydrogens is 316 g/mol. The third-order valence-corrected chi connectivity index (χ3v) is 3.96. The molecule has 0 fully saturated rings. The van der Waals surface area contributed by atoms with E-state index in [2.05, 4.69) is 15.1 Å². The van der Waals surface area contributed by atoms with Crippen LogP contribution >= 0.6 is 0 Å². The van der Waals surface area contributed by atoms with Gasteiger partial charge in [0.2, 0.25) is 17.6 Å². The number of pyridine rings is 1.